The lowest BCUT2D eigenvalue weighted by Gasteiger charge is -2.55. The van der Waals surface area contributed by atoms with Crippen LogP contribution in [0.5, 0.6) is 0 Å². The second kappa shape index (κ2) is 9.60. The third kappa shape index (κ3) is 5.04. The first-order valence-electron chi connectivity index (χ1n) is 11.9. The summed E-state index contributed by atoms with van der Waals surface area (Å²) in [6.45, 7) is 4.46. The lowest BCUT2D eigenvalue weighted by molar-refractivity contribution is -0.177. The molecule has 0 aromatic rings. The van der Waals surface area contributed by atoms with Crippen molar-refractivity contribution >= 4 is 5.97 Å². The van der Waals surface area contributed by atoms with Gasteiger partial charge in [0.2, 0.25) is 0 Å². The summed E-state index contributed by atoms with van der Waals surface area (Å²) in [7, 11) is 0. The number of carbonyl (C=O) groups is 1. The predicted molar refractivity (Wildman–Crippen MR) is 108 cm³/mol. The second-order valence-corrected chi connectivity index (χ2v) is 9.90. The Hall–Kier alpha value is -0.530. The van der Waals surface area contributed by atoms with Crippen molar-refractivity contribution in [1.82, 2.24) is 0 Å². The summed E-state index contributed by atoms with van der Waals surface area (Å²) >= 11 is 0. The van der Waals surface area contributed by atoms with Crippen LogP contribution in [0.25, 0.3) is 0 Å². The molecule has 4 saturated carbocycles. The van der Waals surface area contributed by atoms with Crippen LogP contribution in [0.2, 0.25) is 0 Å². The number of esters is 1. The fourth-order valence-electron chi connectivity index (χ4n) is 6.49. The van der Waals surface area contributed by atoms with E-state index in [1.807, 2.05) is 0 Å². The SMILES string of the molecule is CCCCCCCCCCC(CC)OC(=O)C12CC3CC(CC(C3)C1)C2. The number of carbonyl (C=O) groups excluding carboxylic acids is 1. The number of hydrogen-bond acceptors (Lipinski definition) is 2. The van der Waals surface area contributed by atoms with Crippen molar-refractivity contribution in [3.05, 3.63) is 0 Å². The van der Waals surface area contributed by atoms with Crippen molar-refractivity contribution in [1.29, 1.82) is 0 Å². The highest BCUT2D eigenvalue weighted by atomic mass is 16.5. The quantitative estimate of drug-likeness (QED) is 0.274. The van der Waals surface area contributed by atoms with Crippen molar-refractivity contribution in [2.24, 2.45) is 23.2 Å². The second-order valence-electron chi connectivity index (χ2n) is 9.90. The summed E-state index contributed by atoms with van der Waals surface area (Å²) in [5, 5.41) is 0. The van der Waals surface area contributed by atoms with E-state index in [1.54, 1.807) is 0 Å². The van der Waals surface area contributed by atoms with Gasteiger partial charge in [-0.25, -0.2) is 0 Å². The smallest absolute Gasteiger partial charge is 0.312 e. The van der Waals surface area contributed by atoms with E-state index >= 15 is 0 Å². The Morgan fingerprint density at radius 1 is 0.846 bits per heavy atom. The van der Waals surface area contributed by atoms with Crippen molar-refractivity contribution < 1.29 is 9.53 Å². The average molecular weight is 363 g/mol. The van der Waals surface area contributed by atoms with Crippen LogP contribution in [-0.4, -0.2) is 12.1 Å². The molecule has 1 unspecified atom stereocenters. The molecule has 0 aliphatic heterocycles. The maximum absolute atomic E-state index is 13.1. The maximum atomic E-state index is 13.1. The van der Waals surface area contributed by atoms with Gasteiger partial charge in [-0.3, -0.25) is 4.79 Å². The van der Waals surface area contributed by atoms with E-state index < -0.39 is 0 Å². The molecule has 0 spiro atoms. The monoisotopic (exact) mass is 362 g/mol. The van der Waals surface area contributed by atoms with E-state index in [4.69, 9.17) is 4.74 Å². The molecule has 1 atom stereocenters. The van der Waals surface area contributed by atoms with E-state index in [1.165, 1.54) is 70.6 Å². The van der Waals surface area contributed by atoms with Gasteiger partial charge in [0.25, 0.3) is 0 Å². The molecule has 150 valence electrons. The van der Waals surface area contributed by atoms with Gasteiger partial charge in [0.15, 0.2) is 0 Å². The Morgan fingerprint density at radius 2 is 1.35 bits per heavy atom. The number of rotatable bonds is 12. The zero-order valence-corrected chi connectivity index (χ0v) is 17.4. The fraction of sp³-hybridized carbons (Fsp3) is 0.958. The van der Waals surface area contributed by atoms with E-state index in [-0.39, 0.29) is 17.5 Å². The van der Waals surface area contributed by atoms with Crippen LogP contribution >= 0.6 is 0 Å². The number of hydrogen-bond donors (Lipinski definition) is 0. The zero-order valence-electron chi connectivity index (χ0n) is 17.4. The molecule has 4 fully saturated rings. The van der Waals surface area contributed by atoms with Crippen LogP contribution in [0.3, 0.4) is 0 Å². The van der Waals surface area contributed by atoms with Gasteiger partial charge < -0.3 is 4.74 Å². The van der Waals surface area contributed by atoms with Crippen molar-refractivity contribution in [3.63, 3.8) is 0 Å². The molecule has 4 rings (SSSR count). The van der Waals surface area contributed by atoms with Crippen LogP contribution in [-0.2, 0) is 9.53 Å². The van der Waals surface area contributed by atoms with Crippen LogP contribution in [0.1, 0.15) is 117 Å². The summed E-state index contributed by atoms with van der Waals surface area (Å²) in [6.07, 6.45) is 20.5. The molecular formula is C24H42O2. The van der Waals surface area contributed by atoms with Crippen molar-refractivity contribution in [2.45, 2.75) is 123 Å². The Bertz CT molecular complexity index is 406. The Balaban J connectivity index is 1.36. The molecule has 4 aliphatic carbocycles. The van der Waals surface area contributed by atoms with Gasteiger partial charge in [0.05, 0.1) is 5.41 Å². The van der Waals surface area contributed by atoms with Crippen LogP contribution in [0, 0.1) is 23.2 Å². The lowest BCUT2D eigenvalue weighted by Crippen LogP contribution is -2.51. The third-order valence-electron chi connectivity index (χ3n) is 7.58. The summed E-state index contributed by atoms with van der Waals surface area (Å²) in [5.41, 5.74) is -0.0819. The molecule has 0 saturated heterocycles. The Morgan fingerprint density at radius 3 is 1.85 bits per heavy atom. The summed E-state index contributed by atoms with van der Waals surface area (Å²) < 4.78 is 6.11. The molecule has 2 nitrogen and oxygen atoms in total. The highest BCUT2D eigenvalue weighted by Gasteiger charge is 2.55. The van der Waals surface area contributed by atoms with Crippen LogP contribution in [0.4, 0.5) is 0 Å². The molecule has 4 aliphatic rings. The van der Waals surface area contributed by atoms with E-state index in [9.17, 15) is 4.79 Å². The zero-order chi connectivity index (χ0) is 18.4. The van der Waals surface area contributed by atoms with Gasteiger partial charge >= 0.3 is 5.97 Å². The molecule has 0 amide bonds. The van der Waals surface area contributed by atoms with E-state index in [2.05, 4.69) is 13.8 Å². The molecule has 0 N–H and O–H groups in total. The lowest BCUT2D eigenvalue weighted by atomic mass is 9.49. The molecule has 0 aromatic heterocycles. The fourth-order valence-corrected chi connectivity index (χ4v) is 6.49. The normalized spacial score (nSPS) is 33.4. The molecule has 0 aromatic carbocycles. The standard InChI is InChI=1S/C24H42O2/c1-3-5-6-7-8-9-10-11-12-22(4-2)26-23(25)24-16-19-13-20(17-24)15-21(14-19)18-24/h19-22H,3-18H2,1-2H3. The van der Waals surface area contributed by atoms with Gasteiger partial charge in [-0.1, -0.05) is 58.8 Å². The van der Waals surface area contributed by atoms with Crippen LogP contribution in [0.15, 0.2) is 0 Å². The minimum atomic E-state index is -0.0819. The van der Waals surface area contributed by atoms with E-state index in [0.717, 1.165) is 49.9 Å². The summed E-state index contributed by atoms with van der Waals surface area (Å²) in [6, 6.07) is 0. The first-order chi connectivity index (χ1) is 12.6. The topological polar surface area (TPSA) is 26.3 Å². The minimum absolute atomic E-state index is 0.0819. The third-order valence-corrected chi connectivity index (χ3v) is 7.58. The molecule has 26 heavy (non-hydrogen) atoms. The minimum Gasteiger partial charge on any atom is -0.462 e. The molecule has 0 heterocycles. The maximum Gasteiger partial charge on any atom is 0.312 e. The first kappa shape index (κ1) is 20.2. The average Bonchev–Trinajstić information content (AvgIpc) is 2.61. The molecule has 4 bridgehead atoms. The predicted octanol–water partition coefficient (Wildman–Crippen LogP) is 7.06. The first-order valence-corrected chi connectivity index (χ1v) is 11.9. The van der Waals surface area contributed by atoms with Crippen LogP contribution < -0.4 is 0 Å². The van der Waals surface area contributed by atoms with Gasteiger partial charge in [0, 0.05) is 0 Å². The highest BCUT2D eigenvalue weighted by Crippen LogP contribution is 2.60. The number of ether oxygens (including phenoxy) is 1. The van der Waals surface area contributed by atoms with Gasteiger partial charge in [-0.05, 0) is 75.5 Å². The van der Waals surface area contributed by atoms with Gasteiger partial charge in [0.1, 0.15) is 6.10 Å². The molecule has 0 radical (unpaired) electrons. The van der Waals surface area contributed by atoms with Gasteiger partial charge in [-0.2, -0.15) is 0 Å². The van der Waals surface area contributed by atoms with Gasteiger partial charge in [-0.15, -0.1) is 0 Å². The Labute approximate surface area is 161 Å². The largest absolute Gasteiger partial charge is 0.462 e. The van der Waals surface area contributed by atoms with Crippen molar-refractivity contribution in [3.8, 4) is 0 Å². The van der Waals surface area contributed by atoms with E-state index in [0.29, 0.717) is 0 Å². The molecule has 2 heteroatoms. The summed E-state index contributed by atoms with van der Waals surface area (Å²) in [4.78, 5) is 13.1. The molecular weight excluding hydrogens is 320 g/mol. The van der Waals surface area contributed by atoms with Crippen molar-refractivity contribution in [2.75, 3.05) is 0 Å². The Kier molecular flexibility index (Phi) is 7.46. The number of unbranched alkanes of at least 4 members (excludes halogenated alkanes) is 7. The summed E-state index contributed by atoms with van der Waals surface area (Å²) in [5.74, 6) is 2.65. The highest BCUT2D eigenvalue weighted by molar-refractivity contribution is 5.77.